The molecule has 5 heteroatoms. The fraction of sp³-hybridized carbons (Fsp3) is 0.455. The average Bonchev–Trinajstić information content (AvgIpc) is 2.28. The number of halogens is 1. The summed E-state index contributed by atoms with van der Waals surface area (Å²) in [5, 5.41) is 0.179. The van der Waals surface area contributed by atoms with Crippen LogP contribution in [0.3, 0.4) is 0 Å². The Morgan fingerprint density at radius 1 is 1.44 bits per heavy atom. The van der Waals surface area contributed by atoms with Crippen LogP contribution < -0.4 is 4.74 Å². The lowest BCUT2D eigenvalue weighted by Crippen LogP contribution is -2.09. The zero-order valence-corrected chi connectivity index (χ0v) is 10.5. The van der Waals surface area contributed by atoms with E-state index in [1.807, 2.05) is 13.8 Å². The Hall–Kier alpha value is -1.29. The number of hydrogen-bond donors (Lipinski definition) is 0. The van der Waals surface area contributed by atoms with E-state index in [1.54, 1.807) is 6.07 Å². The molecule has 0 aliphatic heterocycles. The lowest BCUT2D eigenvalue weighted by molar-refractivity contribution is 0.0593. The molecule has 0 saturated carbocycles. The van der Waals surface area contributed by atoms with Gasteiger partial charge < -0.3 is 9.47 Å². The molecule has 0 fully saturated rings. The van der Waals surface area contributed by atoms with Crippen LogP contribution >= 0.6 is 11.6 Å². The van der Waals surface area contributed by atoms with Gasteiger partial charge in [0.1, 0.15) is 10.8 Å². The number of aromatic nitrogens is 1. The van der Waals surface area contributed by atoms with Crippen molar-refractivity contribution in [1.29, 1.82) is 0 Å². The number of ether oxygens (including phenoxy) is 2. The maximum absolute atomic E-state index is 11.5. The molecule has 0 atom stereocenters. The summed E-state index contributed by atoms with van der Waals surface area (Å²) in [6.45, 7) is 3.94. The van der Waals surface area contributed by atoms with Crippen LogP contribution in [0.1, 0.15) is 35.9 Å². The molecule has 0 radical (unpaired) electrons. The van der Waals surface area contributed by atoms with Crippen LogP contribution in [0.4, 0.5) is 0 Å². The van der Waals surface area contributed by atoms with Crippen molar-refractivity contribution in [3.05, 3.63) is 22.5 Å². The minimum Gasteiger partial charge on any atom is -0.495 e. The second-order valence-electron chi connectivity index (χ2n) is 3.56. The van der Waals surface area contributed by atoms with E-state index in [1.165, 1.54) is 14.2 Å². The van der Waals surface area contributed by atoms with Gasteiger partial charge in [-0.2, -0.15) is 0 Å². The number of carbonyl (C=O) groups is 1. The molecule has 1 aromatic rings. The van der Waals surface area contributed by atoms with Gasteiger partial charge in [0.25, 0.3) is 0 Å². The molecule has 0 aliphatic carbocycles. The third kappa shape index (κ3) is 2.44. The number of methoxy groups -OCH3 is 2. The summed E-state index contributed by atoms with van der Waals surface area (Å²) in [7, 11) is 2.78. The Labute approximate surface area is 99.5 Å². The van der Waals surface area contributed by atoms with Crippen LogP contribution in [-0.4, -0.2) is 25.2 Å². The molecule has 0 N–H and O–H groups in total. The van der Waals surface area contributed by atoms with Gasteiger partial charge in [0.2, 0.25) is 0 Å². The van der Waals surface area contributed by atoms with Crippen LogP contribution in [0.15, 0.2) is 6.07 Å². The van der Waals surface area contributed by atoms with E-state index >= 15 is 0 Å². The van der Waals surface area contributed by atoms with Crippen molar-refractivity contribution < 1.29 is 14.3 Å². The Bertz CT molecular complexity index is 404. The highest BCUT2D eigenvalue weighted by Crippen LogP contribution is 2.30. The van der Waals surface area contributed by atoms with Gasteiger partial charge in [0.15, 0.2) is 5.69 Å². The SMILES string of the molecule is COC(=O)c1nc(C(C)C)cc(OC)c1Cl. The first-order chi connectivity index (χ1) is 7.51. The Kier molecular flexibility index (Phi) is 4.12. The third-order valence-electron chi connectivity index (χ3n) is 2.13. The monoisotopic (exact) mass is 243 g/mol. The molecular formula is C11H14ClNO3. The molecule has 0 amide bonds. The third-order valence-corrected chi connectivity index (χ3v) is 2.50. The highest BCUT2D eigenvalue weighted by atomic mass is 35.5. The molecule has 16 heavy (non-hydrogen) atoms. The first-order valence-electron chi connectivity index (χ1n) is 4.84. The van der Waals surface area contributed by atoms with Gasteiger partial charge in [-0.1, -0.05) is 25.4 Å². The molecule has 1 heterocycles. The van der Waals surface area contributed by atoms with Crippen LogP contribution in [0.25, 0.3) is 0 Å². The van der Waals surface area contributed by atoms with E-state index in [0.717, 1.165) is 5.69 Å². The number of esters is 1. The Balaban J connectivity index is 3.35. The summed E-state index contributed by atoms with van der Waals surface area (Å²) >= 11 is 5.97. The summed E-state index contributed by atoms with van der Waals surface area (Å²) in [4.78, 5) is 15.6. The van der Waals surface area contributed by atoms with Gasteiger partial charge in [-0.05, 0) is 5.92 Å². The molecule has 0 aliphatic rings. The lowest BCUT2D eigenvalue weighted by atomic mass is 10.1. The van der Waals surface area contributed by atoms with Gasteiger partial charge >= 0.3 is 5.97 Å². The number of rotatable bonds is 3. The number of pyridine rings is 1. The van der Waals surface area contributed by atoms with Crippen molar-refractivity contribution >= 4 is 17.6 Å². The molecule has 88 valence electrons. The predicted molar refractivity (Wildman–Crippen MR) is 61.2 cm³/mol. The standard InChI is InChI=1S/C11H14ClNO3/c1-6(2)7-5-8(15-3)9(12)10(13-7)11(14)16-4/h5-6H,1-4H3. The van der Waals surface area contributed by atoms with Gasteiger partial charge in [-0.25, -0.2) is 9.78 Å². The molecule has 0 spiro atoms. The zero-order chi connectivity index (χ0) is 12.3. The molecule has 0 bridgehead atoms. The topological polar surface area (TPSA) is 48.4 Å². The fourth-order valence-corrected chi connectivity index (χ4v) is 1.45. The summed E-state index contributed by atoms with van der Waals surface area (Å²) in [5.74, 6) is 0.0427. The van der Waals surface area contributed by atoms with Gasteiger partial charge in [-0.3, -0.25) is 0 Å². The van der Waals surface area contributed by atoms with Crippen molar-refractivity contribution in [2.24, 2.45) is 0 Å². The van der Waals surface area contributed by atoms with E-state index in [-0.39, 0.29) is 16.6 Å². The van der Waals surface area contributed by atoms with Crippen molar-refractivity contribution in [2.45, 2.75) is 19.8 Å². The van der Waals surface area contributed by atoms with Crippen molar-refractivity contribution in [2.75, 3.05) is 14.2 Å². The molecular weight excluding hydrogens is 230 g/mol. The maximum atomic E-state index is 11.5. The van der Waals surface area contributed by atoms with E-state index in [4.69, 9.17) is 16.3 Å². The van der Waals surface area contributed by atoms with Crippen molar-refractivity contribution in [3.63, 3.8) is 0 Å². The molecule has 4 nitrogen and oxygen atoms in total. The minimum atomic E-state index is -0.564. The van der Waals surface area contributed by atoms with E-state index in [0.29, 0.717) is 5.75 Å². The van der Waals surface area contributed by atoms with Crippen molar-refractivity contribution in [3.8, 4) is 5.75 Å². The highest BCUT2D eigenvalue weighted by Gasteiger charge is 2.19. The quantitative estimate of drug-likeness (QED) is 0.766. The minimum absolute atomic E-state index is 0.0900. The number of hydrogen-bond acceptors (Lipinski definition) is 4. The van der Waals surface area contributed by atoms with E-state index in [2.05, 4.69) is 9.72 Å². The second kappa shape index (κ2) is 5.16. The normalized spacial score (nSPS) is 10.4. The van der Waals surface area contributed by atoms with E-state index in [9.17, 15) is 4.79 Å². The van der Waals surface area contributed by atoms with Crippen LogP contribution in [0, 0.1) is 0 Å². The Morgan fingerprint density at radius 3 is 2.50 bits per heavy atom. The summed E-state index contributed by atoms with van der Waals surface area (Å²) < 4.78 is 9.70. The van der Waals surface area contributed by atoms with Gasteiger partial charge in [0.05, 0.1) is 14.2 Å². The maximum Gasteiger partial charge on any atom is 0.358 e. The van der Waals surface area contributed by atoms with Gasteiger partial charge in [0, 0.05) is 11.8 Å². The lowest BCUT2D eigenvalue weighted by Gasteiger charge is -2.11. The van der Waals surface area contributed by atoms with E-state index < -0.39 is 5.97 Å². The number of carbonyl (C=O) groups excluding carboxylic acids is 1. The number of nitrogens with zero attached hydrogens (tertiary/aromatic N) is 1. The van der Waals surface area contributed by atoms with Crippen LogP contribution in [0.2, 0.25) is 5.02 Å². The average molecular weight is 244 g/mol. The summed E-state index contributed by atoms with van der Waals surface area (Å²) in [5.41, 5.74) is 0.828. The molecule has 0 unspecified atom stereocenters. The van der Waals surface area contributed by atoms with Crippen LogP contribution in [-0.2, 0) is 4.74 Å². The zero-order valence-electron chi connectivity index (χ0n) is 9.70. The van der Waals surface area contributed by atoms with Crippen LogP contribution in [0.5, 0.6) is 5.75 Å². The summed E-state index contributed by atoms with van der Waals surface area (Å²) in [6.07, 6.45) is 0. The fourth-order valence-electron chi connectivity index (χ4n) is 1.20. The molecule has 0 aromatic carbocycles. The highest BCUT2D eigenvalue weighted by molar-refractivity contribution is 6.34. The Morgan fingerprint density at radius 2 is 2.06 bits per heavy atom. The van der Waals surface area contributed by atoms with Crippen molar-refractivity contribution in [1.82, 2.24) is 4.98 Å². The second-order valence-corrected chi connectivity index (χ2v) is 3.94. The van der Waals surface area contributed by atoms with Gasteiger partial charge in [-0.15, -0.1) is 0 Å². The molecule has 1 aromatic heterocycles. The summed E-state index contributed by atoms with van der Waals surface area (Å²) in [6, 6.07) is 1.72. The smallest absolute Gasteiger partial charge is 0.358 e. The molecule has 0 saturated heterocycles. The first kappa shape index (κ1) is 12.8. The predicted octanol–water partition coefficient (Wildman–Crippen LogP) is 2.65. The molecule has 1 rings (SSSR count). The first-order valence-corrected chi connectivity index (χ1v) is 5.21. The largest absolute Gasteiger partial charge is 0.495 e.